The van der Waals surface area contributed by atoms with Crippen LogP contribution in [-0.2, 0) is 9.59 Å². The number of hydrogen-bond donors (Lipinski definition) is 2. The molecule has 1 aliphatic carbocycles. The largest absolute Gasteiger partial charge is 0.493 e. The normalized spacial score (nSPS) is 27.0. The minimum absolute atomic E-state index is 0.0347. The second-order valence-corrected chi connectivity index (χ2v) is 8.15. The van der Waals surface area contributed by atoms with Crippen LogP contribution in [-0.4, -0.2) is 63.2 Å². The third kappa shape index (κ3) is 4.24. The lowest BCUT2D eigenvalue weighted by Gasteiger charge is -2.45. The predicted octanol–water partition coefficient (Wildman–Crippen LogP) is 1.67. The van der Waals surface area contributed by atoms with Gasteiger partial charge >= 0.3 is 0 Å². The first-order valence-electron chi connectivity index (χ1n) is 9.84. The van der Waals surface area contributed by atoms with Crippen molar-refractivity contribution >= 4 is 11.8 Å². The fraction of sp³-hybridized carbons (Fsp3) is 0.619. The molecule has 2 amide bonds. The molecule has 0 unspecified atom stereocenters. The van der Waals surface area contributed by atoms with Crippen LogP contribution < -0.4 is 20.1 Å². The lowest BCUT2D eigenvalue weighted by molar-refractivity contribution is -0.123. The summed E-state index contributed by atoms with van der Waals surface area (Å²) in [4.78, 5) is 26.2. The number of carbonyl (C=O) groups is 2. The number of amides is 2. The smallest absolute Gasteiger partial charge is 0.234 e. The Morgan fingerprint density at radius 1 is 1.25 bits per heavy atom. The van der Waals surface area contributed by atoms with Gasteiger partial charge in [-0.15, -0.1) is 0 Å². The average molecular weight is 389 g/mol. The van der Waals surface area contributed by atoms with Gasteiger partial charge in [-0.2, -0.15) is 0 Å². The molecule has 28 heavy (non-hydrogen) atoms. The minimum Gasteiger partial charge on any atom is -0.493 e. The van der Waals surface area contributed by atoms with E-state index in [1.807, 2.05) is 37.2 Å². The van der Waals surface area contributed by atoms with Crippen molar-refractivity contribution in [3.63, 3.8) is 0 Å². The molecule has 0 radical (unpaired) electrons. The van der Waals surface area contributed by atoms with Gasteiger partial charge in [0.25, 0.3) is 0 Å². The number of ether oxygens (including phenoxy) is 2. The quantitative estimate of drug-likeness (QED) is 0.774. The van der Waals surface area contributed by atoms with E-state index in [4.69, 9.17) is 9.47 Å². The third-order valence-corrected chi connectivity index (χ3v) is 5.95. The molecule has 1 spiro atoms. The van der Waals surface area contributed by atoms with Gasteiger partial charge in [0.05, 0.1) is 20.8 Å². The maximum atomic E-state index is 12.3. The second-order valence-electron chi connectivity index (χ2n) is 8.15. The van der Waals surface area contributed by atoms with Crippen molar-refractivity contribution < 1.29 is 19.1 Å². The van der Waals surface area contributed by atoms with Gasteiger partial charge in [0.2, 0.25) is 11.8 Å². The molecular formula is C21H31N3O4. The summed E-state index contributed by atoms with van der Waals surface area (Å²) in [6, 6.07) is 6.04. The highest BCUT2D eigenvalue weighted by Gasteiger charge is 2.48. The first kappa shape index (κ1) is 20.5. The van der Waals surface area contributed by atoms with E-state index in [1.165, 1.54) is 0 Å². The minimum atomic E-state index is -0.251. The molecule has 1 saturated carbocycles. The topological polar surface area (TPSA) is 79.9 Å². The van der Waals surface area contributed by atoms with Crippen LogP contribution in [0.15, 0.2) is 18.2 Å². The van der Waals surface area contributed by atoms with Crippen LogP contribution in [0.1, 0.15) is 43.6 Å². The number of nitrogens with one attached hydrogen (secondary N) is 2. The maximum Gasteiger partial charge on any atom is 0.234 e. The molecule has 0 bridgehead atoms. The lowest BCUT2D eigenvalue weighted by Crippen LogP contribution is -2.54. The van der Waals surface area contributed by atoms with Gasteiger partial charge in [-0.3, -0.25) is 9.59 Å². The van der Waals surface area contributed by atoms with Crippen LogP contribution in [0.3, 0.4) is 0 Å². The van der Waals surface area contributed by atoms with Crippen molar-refractivity contribution in [3.05, 3.63) is 23.8 Å². The van der Waals surface area contributed by atoms with Crippen LogP contribution in [0.25, 0.3) is 0 Å². The lowest BCUT2D eigenvalue weighted by atomic mass is 9.67. The fourth-order valence-electron chi connectivity index (χ4n) is 4.64. The van der Waals surface area contributed by atoms with E-state index in [1.54, 1.807) is 14.2 Å². The third-order valence-electron chi connectivity index (χ3n) is 5.95. The average Bonchev–Trinajstić information content (AvgIpc) is 3.03. The standard InChI is InChI=1S/C21H31N3O4/c1-24(2)13-20(26)22-15-7-9-21(10-8-19(25)23-21)16(12-15)14-5-6-17(27-3)18(11-14)28-4/h5-6,11,15-16H,7-10,12-13H2,1-4H3,(H,22,26)(H,23,25)/t15-,16+,21-/m0/s1. The predicted molar refractivity (Wildman–Crippen MR) is 107 cm³/mol. The van der Waals surface area contributed by atoms with Crippen molar-refractivity contribution in [2.45, 2.75) is 49.6 Å². The zero-order chi connectivity index (χ0) is 20.3. The summed E-state index contributed by atoms with van der Waals surface area (Å²) in [5.74, 6) is 1.62. The Hall–Kier alpha value is -2.28. The Morgan fingerprint density at radius 3 is 2.61 bits per heavy atom. The van der Waals surface area contributed by atoms with Crippen LogP contribution in [0.5, 0.6) is 11.5 Å². The molecule has 2 fully saturated rings. The van der Waals surface area contributed by atoms with Crippen LogP contribution in [0, 0.1) is 0 Å². The monoisotopic (exact) mass is 389 g/mol. The zero-order valence-electron chi connectivity index (χ0n) is 17.2. The fourth-order valence-corrected chi connectivity index (χ4v) is 4.64. The Balaban J connectivity index is 1.86. The molecule has 1 aliphatic heterocycles. The van der Waals surface area contributed by atoms with Crippen molar-refractivity contribution in [1.29, 1.82) is 0 Å². The highest BCUT2D eigenvalue weighted by Crippen LogP contribution is 2.47. The molecule has 0 aromatic heterocycles. The van der Waals surface area contributed by atoms with E-state index in [-0.39, 0.29) is 29.3 Å². The molecule has 2 N–H and O–H groups in total. The molecule has 1 saturated heterocycles. The maximum absolute atomic E-state index is 12.3. The molecule has 3 atom stereocenters. The molecule has 3 rings (SSSR count). The molecule has 1 aromatic rings. The highest BCUT2D eigenvalue weighted by atomic mass is 16.5. The van der Waals surface area contributed by atoms with Gasteiger partial charge in [-0.1, -0.05) is 6.07 Å². The summed E-state index contributed by atoms with van der Waals surface area (Å²) >= 11 is 0. The Kier molecular flexibility index (Phi) is 6.13. The summed E-state index contributed by atoms with van der Waals surface area (Å²) in [6.07, 6.45) is 3.88. The summed E-state index contributed by atoms with van der Waals surface area (Å²) in [7, 11) is 7.01. The van der Waals surface area contributed by atoms with Gasteiger partial charge in [-0.05, 0) is 57.5 Å². The van der Waals surface area contributed by atoms with E-state index in [2.05, 4.69) is 10.6 Å². The molecule has 2 aliphatic rings. The number of hydrogen-bond acceptors (Lipinski definition) is 5. The van der Waals surface area contributed by atoms with Crippen molar-refractivity contribution in [3.8, 4) is 11.5 Å². The number of rotatable bonds is 6. The van der Waals surface area contributed by atoms with Gasteiger partial charge in [-0.25, -0.2) is 0 Å². The second kappa shape index (κ2) is 8.39. The van der Waals surface area contributed by atoms with Gasteiger partial charge in [0.15, 0.2) is 11.5 Å². The SMILES string of the molecule is COc1ccc([C@H]2C[C@@H](NC(=O)CN(C)C)CC[C@]23CCC(=O)N3)cc1OC. The Labute approximate surface area is 166 Å². The van der Waals surface area contributed by atoms with Gasteiger partial charge in [0, 0.05) is 23.9 Å². The molecule has 1 aromatic carbocycles. The highest BCUT2D eigenvalue weighted by molar-refractivity contribution is 5.80. The number of nitrogens with zero attached hydrogens (tertiary/aromatic N) is 1. The zero-order valence-corrected chi connectivity index (χ0v) is 17.2. The van der Waals surface area contributed by atoms with E-state index in [0.29, 0.717) is 24.5 Å². The summed E-state index contributed by atoms with van der Waals surface area (Å²) in [6.45, 7) is 0.374. The Bertz CT molecular complexity index is 736. The van der Waals surface area contributed by atoms with E-state index in [0.717, 1.165) is 31.2 Å². The first-order chi connectivity index (χ1) is 13.4. The van der Waals surface area contributed by atoms with Crippen molar-refractivity contribution in [2.75, 3.05) is 34.9 Å². The summed E-state index contributed by atoms with van der Waals surface area (Å²) in [5, 5.41) is 6.43. The number of likely N-dealkylation sites (N-methyl/N-ethyl adjacent to an activating group) is 1. The molecule has 154 valence electrons. The number of benzene rings is 1. The van der Waals surface area contributed by atoms with Crippen molar-refractivity contribution in [1.82, 2.24) is 15.5 Å². The van der Waals surface area contributed by atoms with E-state index in [9.17, 15) is 9.59 Å². The molecule has 7 nitrogen and oxygen atoms in total. The van der Waals surface area contributed by atoms with E-state index >= 15 is 0 Å². The van der Waals surface area contributed by atoms with Crippen LogP contribution in [0.4, 0.5) is 0 Å². The molecule has 7 heteroatoms. The van der Waals surface area contributed by atoms with Crippen LogP contribution >= 0.6 is 0 Å². The number of methoxy groups -OCH3 is 2. The van der Waals surface area contributed by atoms with Crippen molar-refractivity contribution in [2.24, 2.45) is 0 Å². The summed E-state index contributed by atoms with van der Waals surface area (Å²) < 4.78 is 10.9. The van der Waals surface area contributed by atoms with E-state index < -0.39 is 0 Å². The molecule has 1 heterocycles. The number of carbonyl (C=O) groups excluding carboxylic acids is 2. The van der Waals surface area contributed by atoms with Gasteiger partial charge in [0.1, 0.15) is 0 Å². The molecular weight excluding hydrogens is 358 g/mol. The Morgan fingerprint density at radius 2 is 2.00 bits per heavy atom. The van der Waals surface area contributed by atoms with Crippen LogP contribution in [0.2, 0.25) is 0 Å². The summed E-state index contributed by atoms with van der Waals surface area (Å²) in [5.41, 5.74) is 0.853. The first-order valence-corrected chi connectivity index (χ1v) is 9.84. The van der Waals surface area contributed by atoms with Gasteiger partial charge < -0.3 is 25.0 Å².